The summed E-state index contributed by atoms with van der Waals surface area (Å²) in [6, 6.07) is 2.48. The summed E-state index contributed by atoms with van der Waals surface area (Å²) < 4.78 is 0. The van der Waals surface area contributed by atoms with Gasteiger partial charge in [-0.15, -0.1) is 11.6 Å². The molecule has 0 saturated heterocycles. The van der Waals surface area contributed by atoms with Gasteiger partial charge in [-0.3, -0.25) is 0 Å². The van der Waals surface area contributed by atoms with Crippen LogP contribution in [0.4, 0.5) is 0 Å². The van der Waals surface area contributed by atoms with Gasteiger partial charge in [0.25, 0.3) is 0 Å². The molecule has 1 aliphatic carbocycles. The van der Waals surface area contributed by atoms with E-state index in [1.54, 1.807) is 0 Å². The molecule has 0 aromatic rings. The van der Waals surface area contributed by atoms with E-state index in [4.69, 9.17) is 16.9 Å². The van der Waals surface area contributed by atoms with Crippen LogP contribution in [0.25, 0.3) is 0 Å². The summed E-state index contributed by atoms with van der Waals surface area (Å²) in [5, 5.41) is 9.07. The van der Waals surface area contributed by atoms with Gasteiger partial charge in [0.2, 0.25) is 0 Å². The molecule has 0 aliphatic heterocycles. The molecule has 0 spiro atoms. The standard InChI is InChI=1S/C10H16ClN/c1-9-3-5-10(7-9,8-12)4-2-6-11/h9H,2-7H2,1H3. The minimum atomic E-state index is -0.0195. The molecular weight excluding hydrogens is 170 g/mol. The van der Waals surface area contributed by atoms with Crippen LogP contribution in [0, 0.1) is 22.7 Å². The van der Waals surface area contributed by atoms with Crippen LogP contribution in [-0.2, 0) is 0 Å². The molecule has 0 N–H and O–H groups in total. The second kappa shape index (κ2) is 4.14. The third kappa shape index (κ3) is 2.14. The molecule has 1 fully saturated rings. The van der Waals surface area contributed by atoms with Gasteiger partial charge in [-0.2, -0.15) is 5.26 Å². The quantitative estimate of drug-likeness (QED) is 0.619. The van der Waals surface area contributed by atoms with E-state index in [0.717, 1.165) is 31.6 Å². The number of alkyl halides is 1. The van der Waals surface area contributed by atoms with Gasteiger partial charge in [0.1, 0.15) is 0 Å². The van der Waals surface area contributed by atoms with Crippen molar-refractivity contribution in [3.8, 4) is 6.07 Å². The topological polar surface area (TPSA) is 23.8 Å². The molecular formula is C10H16ClN. The Hall–Kier alpha value is -0.220. The number of hydrogen-bond acceptors (Lipinski definition) is 1. The summed E-state index contributed by atoms with van der Waals surface area (Å²) in [5.74, 6) is 1.43. The molecule has 1 rings (SSSR count). The Balaban J connectivity index is 2.48. The van der Waals surface area contributed by atoms with E-state index in [9.17, 15) is 0 Å². The smallest absolute Gasteiger partial charge is 0.0689 e. The second-order valence-electron chi connectivity index (χ2n) is 4.03. The van der Waals surface area contributed by atoms with Crippen molar-refractivity contribution in [2.75, 3.05) is 5.88 Å². The summed E-state index contributed by atoms with van der Waals surface area (Å²) in [5.41, 5.74) is -0.0195. The maximum atomic E-state index is 9.07. The Kier molecular flexibility index (Phi) is 3.40. The molecule has 0 radical (unpaired) electrons. The summed E-state index contributed by atoms with van der Waals surface area (Å²) in [4.78, 5) is 0. The lowest BCUT2D eigenvalue weighted by Gasteiger charge is -2.19. The molecule has 68 valence electrons. The summed E-state index contributed by atoms with van der Waals surface area (Å²) in [6.07, 6.45) is 5.37. The Morgan fingerprint density at radius 1 is 1.67 bits per heavy atom. The minimum absolute atomic E-state index is 0.0195. The van der Waals surface area contributed by atoms with E-state index in [2.05, 4.69) is 13.0 Å². The number of hydrogen-bond donors (Lipinski definition) is 0. The molecule has 12 heavy (non-hydrogen) atoms. The van der Waals surface area contributed by atoms with Gasteiger partial charge in [-0.25, -0.2) is 0 Å². The Morgan fingerprint density at radius 3 is 2.83 bits per heavy atom. The fourth-order valence-electron chi connectivity index (χ4n) is 2.18. The van der Waals surface area contributed by atoms with Crippen LogP contribution in [-0.4, -0.2) is 5.88 Å². The highest BCUT2D eigenvalue weighted by Crippen LogP contribution is 2.44. The average Bonchev–Trinajstić information content (AvgIpc) is 2.45. The van der Waals surface area contributed by atoms with Gasteiger partial charge in [0.05, 0.1) is 11.5 Å². The highest BCUT2D eigenvalue weighted by Gasteiger charge is 2.36. The first-order valence-corrected chi connectivity index (χ1v) is 5.23. The normalized spacial score (nSPS) is 34.9. The van der Waals surface area contributed by atoms with E-state index >= 15 is 0 Å². The fraction of sp³-hybridized carbons (Fsp3) is 0.900. The van der Waals surface area contributed by atoms with Gasteiger partial charge < -0.3 is 0 Å². The third-order valence-electron chi connectivity index (χ3n) is 2.88. The first-order valence-electron chi connectivity index (χ1n) is 4.70. The van der Waals surface area contributed by atoms with E-state index in [0.29, 0.717) is 5.88 Å². The SMILES string of the molecule is CC1CCC(C#N)(CCCCl)C1. The molecule has 2 atom stereocenters. The molecule has 0 amide bonds. The third-order valence-corrected chi connectivity index (χ3v) is 3.15. The van der Waals surface area contributed by atoms with E-state index < -0.39 is 0 Å². The van der Waals surface area contributed by atoms with Gasteiger partial charge in [0.15, 0.2) is 0 Å². The monoisotopic (exact) mass is 185 g/mol. The number of nitrogens with zero attached hydrogens (tertiary/aromatic N) is 1. The van der Waals surface area contributed by atoms with Crippen LogP contribution in [0.15, 0.2) is 0 Å². The van der Waals surface area contributed by atoms with E-state index in [1.165, 1.54) is 6.42 Å². The van der Waals surface area contributed by atoms with Gasteiger partial charge >= 0.3 is 0 Å². The Morgan fingerprint density at radius 2 is 2.42 bits per heavy atom. The zero-order chi connectivity index (χ0) is 9.03. The summed E-state index contributed by atoms with van der Waals surface area (Å²) >= 11 is 5.63. The van der Waals surface area contributed by atoms with Crippen molar-refractivity contribution in [1.82, 2.24) is 0 Å². The van der Waals surface area contributed by atoms with Crippen LogP contribution in [0.5, 0.6) is 0 Å². The largest absolute Gasteiger partial charge is 0.198 e. The van der Waals surface area contributed by atoms with Crippen LogP contribution in [0.1, 0.15) is 39.0 Å². The maximum Gasteiger partial charge on any atom is 0.0689 e. The molecule has 2 unspecified atom stereocenters. The highest BCUT2D eigenvalue weighted by atomic mass is 35.5. The predicted octanol–water partition coefficient (Wildman–Crippen LogP) is 3.34. The molecule has 0 aromatic heterocycles. The van der Waals surface area contributed by atoms with Crippen LogP contribution < -0.4 is 0 Å². The van der Waals surface area contributed by atoms with Gasteiger partial charge in [-0.1, -0.05) is 6.92 Å². The zero-order valence-corrected chi connectivity index (χ0v) is 8.40. The number of rotatable bonds is 3. The van der Waals surface area contributed by atoms with Gasteiger partial charge in [-0.05, 0) is 38.0 Å². The number of halogens is 1. The minimum Gasteiger partial charge on any atom is -0.198 e. The molecule has 0 bridgehead atoms. The Labute approximate surface area is 79.7 Å². The Bertz CT molecular complexity index is 185. The maximum absolute atomic E-state index is 9.07. The highest BCUT2D eigenvalue weighted by molar-refractivity contribution is 6.17. The van der Waals surface area contributed by atoms with Crippen LogP contribution >= 0.6 is 11.6 Å². The molecule has 0 heterocycles. The van der Waals surface area contributed by atoms with Crippen molar-refractivity contribution in [3.63, 3.8) is 0 Å². The molecule has 1 aliphatic rings. The molecule has 0 aromatic carbocycles. The van der Waals surface area contributed by atoms with Gasteiger partial charge in [0, 0.05) is 5.88 Å². The van der Waals surface area contributed by atoms with Crippen molar-refractivity contribution in [1.29, 1.82) is 5.26 Å². The summed E-state index contributed by atoms with van der Waals surface area (Å²) in [7, 11) is 0. The van der Waals surface area contributed by atoms with Crippen molar-refractivity contribution < 1.29 is 0 Å². The van der Waals surface area contributed by atoms with Crippen molar-refractivity contribution in [2.24, 2.45) is 11.3 Å². The first kappa shape index (κ1) is 9.86. The van der Waals surface area contributed by atoms with Crippen molar-refractivity contribution in [3.05, 3.63) is 0 Å². The molecule has 1 nitrogen and oxygen atoms in total. The fourth-order valence-corrected chi connectivity index (χ4v) is 2.32. The lowest BCUT2D eigenvalue weighted by Crippen LogP contribution is -2.14. The lowest BCUT2D eigenvalue weighted by atomic mass is 9.83. The lowest BCUT2D eigenvalue weighted by molar-refractivity contribution is 0.359. The first-order chi connectivity index (χ1) is 5.72. The van der Waals surface area contributed by atoms with E-state index in [-0.39, 0.29) is 5.41 Å². The molecule has 2 heteroatoms. The number of nitriles is 1. The van der Waals surface area contributed by atoms with Crippen molar-refractivity contribution in [2.45, 2.75) is 39.0 Å². The van der Waals surface area contributed by atoms with Crippen molar-refractivity contribution >= 4 is 11.6 Å². The molecule has 1 saturated carbocycles. The van der Waals surface area contributed by atoms with Crippen LogP contribution in [0.2, 0.25) is 0 Å². The summed E-state index contributed by atoms with van der Waals surface area (Å²) in [6.45, 7) is 2.24. The zero-order valence-electron chi connectivity index (χ0n) is 7.65. The average molecular weight is 186 g/mol. The second-order valence-corrected chi connectivity index (χ2v) is 4.41. The van der Waals surface area contributed by atoms with E-state index in [1.807, 2.05) is 0 Å². The van der Waals surface area contributed by atoms with Crippen LogP contribution in [0.3, 0.4) is 0 Å². The predicted molar refractivity (Wildman–Crippen MR) is 51.0 cm³/mol.